The van der Waals surface area contributed by atoms with Gasteiger partial charge in [-0.15, -0.1) is 0 Å². The number of H-pyrrole nitrogens is 1. The van der Waals surface area contributed by atoms with Gasteiger partial charge in [0.05, 0.1) is 12.3 Å². The second-order valence-electron chi connectivity index (χ2n) is 6.49. The number of nitrogens with one attached hydrogen (secondary N) is 2. The van der Waals surface area contributed by atoms with E-state index in [0.717, 1.165) is 28.6 Å². The maximum absolute atomic E-state index is 12.6. The van der Waals surface area contributed by atoms with Crippen molar-refractivity contribution in [3.8, 4) is 0 Å². The Labute approximate surface area is 161 Å². The lowest BCUT2D eigenvalue weighted by atomic mass is 9.92. The van der Waals surface area contributed by atoms with Gasteiger partial charge in [0.1, 0.15) is 6.04 Å². The summed E-state index contributed by atoms with van der Waals surface area (Å²) in [7, 11) is 0. The highest BCUT2D eigenvalue weighted by Crippen LogP contribution is 2.39. The van der Waals surface area contributed by atoms with Crippen molar-refractivity contribution < 1.29 is 14.7 Å². The van der Waals surface area contributed by atoms with Crippen LogP contribution >= 0.6 is 11.6 Å². The Bertz CT molecular complexity index is 984. The molecule has 0 radical (unpaired) electrons. The van der Waals surface area contributed by atoms with Crippen molar-refractivity contribution in [2.75, 3.05) is 18.6 Å². The molecule has 2 aromatic carbocycles. The Morgan fingerprint density at radius 2 is 2.11 bits per heavy atom. The van der Waals surface area contributed by atoms with Gasteiger partial charge in [-0.2, -0.15) is 0 Å². The first kappa shape index (κ1) is 17.7. The van der Waals surface area contributed by atoms with Gasteiger partial charge in [0.15, 0.2) is 0 Å². The van der Waals surface area contributed by atoms with E-state index in [4.69, 9.17) is 21.5 Å². The Morgan fingerprint density at radius 3 is 2.81 bits per heavy atom. The largest absolute Gasteiger partial charge is 0.450 e. The number of benzene rings is 2. The van der Waals surface area contributed by atoms with Gasteiger partial charge < -0.3 is 9.72 Å². The molecule has 1 unspecified atom stereocenters. The smallest absolute Gasteiger partial charge is 0.410 e. The molecule has 1 aliphatic rings. The zero-order valence-corrected chi connectivity index (χ0v) is 15.6. The second kappa shape index (κ2) is 7.13. The summed E-state index contributed by atoms with van der Waals surface area (Å²) in [5.41, 5.74) is 6.78. The van der Waals surface area contributed by atoms with E-state index in [1.54, 1.807) is 24.0 Å². The number of halogens is 1. The average molecular weight is 386 g/mol. The van der Waals surface area contributed by atoms with Crippen LogP contribution in [0.25, 0.3) is 10.9 Å². The summed E-state index contributed by atoms with van der Waals surface area (Å²) in [5, 5.41) is 10.8. The predicted octanol–water partition coefficient (Wildman–Crippen LogP) is 4.73. The van der Waals surface area contributed by atoms with Crippen molar-refractivity contribution >= 4 is 34.3 Å². The average Bonchev–Trinajstić information content (AvgIpc) is 3.05. The van der Waals surface area contributed by atoms with Crippen LogP contribution < -0.4 is 5.48 Å². The van der Waals surface area contributed by atoms with Crippen molar-refractivity contribution in [2.24, 2.45) is 0 Å². The van der Waals surface area contributed by atoms with Crippen LogP contribution in [0.1, 0.15) is 29.8 Å². The highest BCUT2D eigenvalue weighted by atomic mass is 35.5. The van der Waals surface area contributed by atoms with Gasteiger partial charge in [0.25, 0.3) is 0 Å². The normalized spacial score (nSPS) is 16.3. The first-order chi connectivity index (χ1) is 13.1. The molecule has 140 valence electrons. The van der Waals surface area contributed by atoms with Crippen LogP contribution in [0.15, 0.2) is 42.5 Å². The molecule has 1 aliphatic heterocycles. The summed E-state index contributed by atoms with van der Waals surface area (Å²) in [4.78, 5) is 17.8. The number of carbonyl (C=O) groups excluding carboxylic acids is 1. The zero-order valence-electron chi connectivity index (χ0n) is 14.8. The highest BCUT2D eigenvalue weighted by Gasteiger charge is 2.35. The van der Waals surface area contributed by atoms with E-state index in [1.807, 2.05) is 30.3 Å². The molecule has 0 saturated carbocycles. The van der Waals surface area contributed by atoms with E-state index < -0.39 is 0 Å². The SMILES string of the molecule is CCOC(=O)N1CCc2c([nH]c3ccc(Cl)cc23)C1c1ccc(NO)cc1. The number of rotatable bonds is 3. The van der Waals surface area contributed by atoms with Crippen molar-refractivity contribution in [3.05, 3.63) is 64.3 Å². The maximum Gasteiger partial charge on any atom is 0.410 e. The number of anilines is 1. The van der Waals surface area contributed by atoms with Crippen LogP contribution in [0.4, 0.5) is 10.5 Å². The van der Waals surface area contributed by atoms with E-state index in [-0.39, 0.29) is 12.1 Å². The van der Waals surface area contributed by atoms with Gasteiger partial charge >= 0.3 is 6.09 Å². The summed E-state index contributed by atoms with van der Waals surface area (Å²) in [6.45, 7) is 2.68. The number of aromatic nitrogens is 1. The highest BCUT2D eigenvalue weighted by molar-refractivity contribution is 6.31. The second-order valence-corrected chi connectivity index (χ2v) is 6.92. The molecule has 3 N–H and O–H groups in total. The molecule has 1 amide bonds. The topological polar surface area (TPSA) is 77.6 Å². The number of fused-ring (bicyclic) bond motifs is 3. The fourth-order valence-corrected chi connectivity index (χ4v) is 3.92. The molecule has 1 atom stereocenters. The molecule has 27 heavy (non-hydrogen) atoms. The van der Waals surface area contributed by atoms with Crippen molar-refractivity contribution in [3.63, 3.8) is 0 Å². The molecule has 0 spiro atoms. The number of aromatic amines is 1. The zero-order chi connectivity index (χ0) is 19.0. The van der Waals surface area contributed by atoms with E-state index in [2.05, 4.69) is 10.5 Å². The molecule has 1 aromatic heterocycles. The van der Waals surface area contributed by atoms with E-state index >= 15 is 0 Å². The summed E-state index contributed by atoms with van der Waals surface area (Å²) in [6, 6.07) is 12.8. The number of nitrogens with zero attached hydrogens (tertiary/aromatic N) is 1. The van der Waals surface area contributed by atoms with Crippen LogP contribution in [0.5, 0.6) is 0 Å². The molecular formula is C20H20ClN3O3. The Morgan fingerprint density at radius 1 is 1.33 bits per heavy atom. The van der Waals surface area contributed by atoms with Crippen LogP contribution in [-0.4, -0.2) is 34.3 Å². The molecule has 2 heterocycles. The maximum atomic E-state index is 12.6. The third-order valence-electron chi connectivity index (χ3n) is 4.95. The molecule has 0 aliphatic carbocycles. The number of ether oxygens (including phenoxy) is 1. The molecule has 0 fully saturated rings. The molecular weight excluding hydrogens is 366 g/mol. The fourth-order valence-electron chi connectivity index (χ4n) is 3.75. The van der Waals surface area contributed by atoms with Crippen molar-refractivity contribution in [1.82, 2.24) is 9.88 Å². The van der Waals surface area contributed by atoms with E-state index in [9.17, 15) is 4.79 Å². The van der Waals surface area contributed by atoms with Gasteiger partial charge in [-0.3, -0.25) is 15.6 Å². The monoisotopic (exact) mass is 385 g/mol. The molecule has 0 saturated heterocycles. The first-order valence-corrected chi connectivity index (χ1v) is 9.23. The van der Waals surface area contributed by atoms with Crippen LogP contribution in [0, 0.1) is 0 Å². The standard InChI is InChI=1S/C20H20ClN3O3/c1-2-27-20(25)24-10-9-15-16-11-13(21)5-8-17(16)22-18(15)19(24)12-3-6-14(23-26)7-4-12/h3-8,11,19,22-23,26H,2,9-10H2,1H3. The number of carbonyl (C=O) groups is 1. The Hall–Kier alpha value is -2.70. The molecule has 6 nitrogen and oxygen atoms in total. The number of hydrogen-bond donors (Lipinski definition) is 3. The lowest BCUT2D eigenvalue weighted by Gasteiger charge is -2.35. The Kier molecular flexibility index (Phi) is 4.68. The molecule has 7 heteroatoms. The first-order valence-electron chi connectivity index (χ1n) is 8.85. The summed E-state index contributed by atoms with van der Waals surface area (Å²) >= 11 is 6.20. The third-order valence-corrected chi connectivity index (χ3v) is 5.18. The summed E-state index contributed by atoms with van der Waals surface area (Å²) in [6.07, 6.45) is 0.385. The minimum absolute atomic E-state index is 0.299. The lowest BCUT2D eigenvalue weighted by molar-refractivity contribution is 0.0932. The third kappa shape index (κ3) is 3.11. The summed E-state index contributed by atoms with van der Waals surface area (Å²) < 4.78 is 5.29. The Balaban J connectivity index is 1.86. The van der Waals surface area contributed by atoms with Gasteiger partial charge in [-0.05, 0) is 54.8 Å². The number of hydrogen-bond acceptors (Lipinski definition) is 4. The quantitative estimate of drug-likeness (QED) is 0.570. The van der Waals surface area contributed by atoms with Crippen LogP contribution in [0.3, 0.4) is 0 Å². The predicted molar refractivity (Wildman–Crippen MR) is 104 cm³/mol. The van der Waals surface area contributed by atoms with E-state index in [0.29, 0.717) is 23.9 Å². The van der Waals surface area contributed by atoms with Crippen molar-refractivity contribution in [1.29, 1.82) is 0 Å². The lowest BCUT2D eigenvalue weighted by Crippen LogP contribution is -2.40. The van der Waals surface area contributed by atoms with Gasteiger partial charge in [0.2, 0.25) is 0 Å². The van der Waals surface area contributed by atoms with Crippen LogP contribution in [0.2, 0.25) is 5.02 Å². The van der Waals surface area contributed by atoms with Crippen molar-refractivity contribution in [2.45, 2.75) is 19.4 Å². The minimum atomic E-state index is -0.339. The van der Waals surface area contributed by atoms with Gasteiger partial charge in [-0.1, -0.05) is 23.7 Å². The molecule has 0 bridgehead atoms. The fraction of sp³-hybridized carbons (Fsp3) is 0.250. The van der Waals surface area contributed by atoms with Crippen LogP contribution in [-0.2, 0) is 11.2 Å². The summed E-state index contributed by atoms with van der Waals surface area (Å²) in [5.74, 6) is 0. The van der Waals surface area contributed by atoms with Gasteiger partial charge in [-0.25, -0.2) is 4.79 Å². The molecule has 4 rings (SSSR count). The van der Waals surface area contributed by atoms with Gasteiger partial charge in [0, 0.05) is 28.2 Å². The molecule has 3 aromatic rings. The number of amides is 1. The minimum Gasteiger partial charge on any atom is -0.450 e. The van der Waals surface area contributed by atoms with E-state index in [1.165, 1.54) is 5.56 Å².